The summed E-state index contributed by atoms with van der Waals surface area (Å²) in [6, 6.07) is 7.61. The maximum absolute atomic E-state index is 12.4. The molecule has 0 bridgehead atoms. The van der Waals surface area contributed by atoms with Gasteiger partial charge in [-0.15, -0.1) is 0 Å². The standard InChI is InChI=1S/C16H21N3O2S/c1-11-14(16(20)19(2)8-9-22-4)18-15(17-11)12-6-5-7-13(10-12)21-3/h5-7,10H,8-9H2,1-4H3,(H,17,18). The highest BCUT2D eigenvalue weighted by Gasteiger charge is 2.19. The minimum atomic E-state index is -0.0584. The normalized spacial score (nSPS) is 10.5. The number of aromatic nitrogens is 2. The number of rotatable bonds is 6. The quantitative estimate of drug-likeness (QED) is 0.889. The smallest absolute Gasteiger partial charge is 0.274 e. The predicted octanol–water partition coefficient (Wildman–Crippen LogP) is 2.83. The summed E-state index contributed by atoms with van der Waals surface area (Å²) in [5.41, 5.74) is 2.15. The summed E-state index contributed by atoms with van der Waals surface area (Å²) in [5, 5.41) is 0. The Morgan fingerprint density at radius 2 is 2.23 bits per heavy atom. The van der Waals surface area contributed by atoms with Crippen LogP contribution in [0.15, 0.2) is 24.3 Å². The SMILES string of the molecule is COc1cccc(-c2nc(C(=O)N(C)CCSC)c(C)[nH]2)c1. The number of methoxy groups -OCH3 is 1. The molecule has 0 spiro atoms. The number of thioether (sulfide) groups is 1. The van der Waals surface area contributed by atoms with E-state index in [4.69, 9.17) is 4.74 Å². The molecular weight excluding hydrogens is 298 g/mol. The lowest BCUT2D eigenvalue weighted by atomic mass is 10.2. The zero-order chi connectivity index (χ0) is 16.1. The van der Waals surface area contributed by atoms with Crippen molar-refractivity contribution in [3.63, 3.8) is 0 Å². The Morgan fingerprint density at radius 1 is 1.45 bits per heavy atom. The minimum absolute atomic E-state index is 0.0584. The van der Waals surface area contributed by atoms with E-state index in [1.165, 1.54) is 0 Å². The topological polar surface area (TPSA) is 58.2 Å². The molecule has 1 amide bonds. The first-order valence-electron chi connectivity index (χ1n) is 7.02. The summed E-state index contributed by atoms with van der Waals surface area (Å²) in [7, 11) is 3.43. The molecule has 1 aromatic heterocycles. The third-order valence-corrected chi connectivity index (χ3v) is 4.00. The second-order valence-electron chi connectivity index (χ2n) is 5.01. The van der Waals surface area contributed by atoms with Gasteiger partial charge in [0.25, 0.3) is 5.91 Å². The molecule has 0 fully saturated rings. The highest BCUT2D eigenvalue weighted by Crippen LogP contribution is 2.23. The fourth-order valence-corrected chi connectivity index (χ4v) is 2.54. The summed E-state index contributed by atoms with van der Waals surface area (Å²) in [4.78, 5) is 21.8. The summed E-state index contributed by atoms with van der Waals surface area (Å²) in [6.07, 6.45) is 2.03. The van der Waals surface area contributed by atoms with Gasteiger partial charge in [0.15, 0.2) is 0 Å². The van der Waals surface area contributed by atoms with Crippen LogP contribution in [0.1, 0.15) is 16.2 Å². The summed E-state index contributed by atoms with van der Waals surface area (Å²) >= 11 is 1.72. The summed E-state index contributed by atoms with van der Waals surface area (Å²) in [5.74, 6) is 2.29. The van der Waals surface area contributed by atoms with Gasteiger partial charge in [-0.2, -0.15) is 11.8 Å². The van der Waals surface area contributed by atoms with Crippen molar-refractivity contribution in [3.8, 4) is 17.1 Å². The Bertz CT molecular complexity index is 655. The van der Waals surface area contributed by atoms with Crippen LogP contribution < -0.4 is 4.74 Å². The van der Waals surface area contributed by atoms with Crippen LogP contribution in [0.2, 0.25) is 0 Å². The summed E-state index contributed by atoms with van der Waals surface area (Å²) < 4.78 is 5.22. The Kier molecular flexibility index (Phi) is 5.49. The number of nitrogens with zero attached hydrogens (tertiary/aromatic N) is 2. The van der Waals surface area contributed by atoms with E-state index in [-0.39, 0.29) is 5.91 Å². The van der Waals surface area contributed by atoms with Crippen molar-refractivity contribution in [1.29, 1.82) is 0 Å². The van der Waals surface area contributed by atoms with E-state index in [9.17, 15) is 4.79 Å². The van der Waals surface area contributed by atoms with E-state index in [0.717, 1.165) is 22.8 Å². The third kappa shape index (κ3) is 3.62. The predicted molar refractivity (Wildman–Crippen MR) is 90.7 cm³/mol. The van der Waals surface area contributed by atoms with Crippen molar-refractivity contribution < 1.29 is 9.53 Å². The van der Waals surface area contributed by atoms with Crippen LogP contribution in [-0.2, 0) is 0 Å². The molecule has 2 rings (SSSR count). The first kappa shape index (κ1) is 16.4. The molecule has 0 saturated heterocycles. The average molecular weight is 319 g/mol. The first-order valence-corrected chi connectivity index (χ1v) is 8.41. The number of benzene rings is 1. The lowest BCUT2D eigenvalue weighted by Gasteiger charge is -2.15. The highest BCUT2D eigenvalue weighted by atomic mass is 32.2. The van der Waals surface area contributed by atoms with Gasteiger partial charge in [0, 0.05) is 30.6 Å². The van der Waals surface area contributed by atoms with Crippen molar-refractivity contribution in [3.05, 3.63) is 35.7 Å². The third-order valence-electron chi connectivity index (χ3n) is 3.41. The number of H-pyrrole nitrogens is 1. The maximum atomic E-state index is 12.4. The number of aromatic amines is 1. The molecule has 0 unspecified atom stereocenters. The molecule has 6 heteroatoms. The lowest BCUT2D eigenvalue weighted by Crippen LogP contribution is -2.29. The molecule has 1 N–H and O–H groups in total. The number of amides is 1. The molecule has 0 saturated carbocycles. The molecule has 0 aliphatic heterocycles. The number of imidazole rings is 1. The molecule has 1 aromatic carbocycles. The van der Waals surface area contributed by atoms with Crippen LogP contribution in [0.5, 0.6) is 5.75 Å². The number of hydrogen-bond donors (Lipinski definition) is 1. The molecule has 0 atom stereocenters. The molecule has 1 heterocycles. The van der Waals surface area contributed by atoms with Crippen molar-refractivity contribution in [1.82, 2.24) is 14.9 Å². The first-order chi connectivity index (χ1) is 10.6. The fraction of sp³-hybridized carbons (Fsp3) is 0.375. The van der Waals surface area contributed by atoms with Crippen LogP contribution in [0, 0.1) is 6.92 Å². The van der Waals surface area contributed by atoms with Crippen LogP contribution in [-0.4, -0.2) is 53.5 Å². The van der Waals surface area contributed by atoms with E-state index < -0.39 is 0 Å². The molecule has 0 radical (unpaired) electrons. The number of ether oxygens (including phenoxy) is 1. The lowest BCUT2D eigenvalue weighted by molar-refractivity contribution is 0.0798. The van der Waals surface area contributed by atoms with Crippen molar-refractivity contribution >= 4 is 17.7 Å². The van der Waals surface area contributed by atoms with Gasteiger partial charge in [0.1, 0.15) is 17.3 Å². The van der Waals surface area contributed by atoms with Crippen LogP contribution in [0.3, 0.4) is 0 Å². The van der Waals surface area contributed by atoms with Gasteiger partial charge >= 0.3 is 0 Å². The summed E-state index contributed by atoms with van der Waals surface area (Å²) in [6.45, 7) is 2.58. The van der Waals surface area contributed by atoms with E-state index in [1.54, 1.807) is 30.8 Å². The number of hydrogen-bond acceptors (Lipinski definition) is 4. The van der Waals surface area contributed by atoms with Gasteiger partial charge in [-0.3, -0.25) is 4.79 Å². The van der Waals surface area contributed by atoms with Gasteiger partial charge < -0.3 is 14.6 Å². The van der Waals surface area contributed by atoms with Gasteiger partial charge in [0.05, 0.1) is 7.11 Å². The van der Waals surface area contributed by atoms with Crippen molar-refractivity contribution in [2.45, 2.75) is 6.92 Å². The molecular formula is C16H21N3O2S. The molecule has 0 aliphatic rings. The molecule has 0 aliphatic carbocycles. The van der Waals surface area contributed by atoms with E-state index >= 15 is 0 Å². The average Bonchev–Trinajstić information content (AvgIpc) is 2.93. The van der Waals surface area contributed by atoms with Gasteiger partial charge in [-0.05, 0) is 25.3 Å². The Labute approximate surface area is 135 Å². The van der Waals surface area contributed by atoms with Crippen LogP contribution >= 0.6 is 11.8 Å². The van der Waals surface area contributed by atoms with Crippen LogP contribution in [0.25, 0.3) is 11.4 Å². The van der Waals surface area contributed by atoms with Gasteiger partial charge in [-0.1, -0.05) is 12.1 Å². The Balaban J connectivity index is 2.25. The largest absolute Gasteiger partial charge is 0.497 e. The second kappa shape index (κ2) is 7.35. The monoisotopic (exact) mass is 319 g/mol. The molecule has 118 valence electrons. The number of carbonyl (C=O) groups is 1. The molecule has 2 aromatic rings. The van der Waals surface area contributed by atoms with Gasteiger partial charge in [-0.25, -0.2) is 4.98 Å². The van der Waals surface area contributed by atoms with E-state index in [1.807, 2.05) is 37.4 Å². The van der Waals surface area contributed by atoms with Gasteiger partial charge in [0.2, 0.25) is 0 Å². The maximum Gasteiger partial charge on any atom is 0.274 e. The Morgan fingerprint density at radius 3 is 2.91 bits per heavy atom. The molecule has 22 heavy (non-hydrogen) atoms. The van der Waals surface area contributed by atoms with E-state index in [0.29, 0.717) is 18.1 Å². The molecule has 5 nitrogen and oxygen atoms in total. The number of aryl methyl sites for hydroxylation is 1. The highest BCUT2D eigenvalue weighted by molar-refractivity contribution is 7.98. The number of carbonyl (C=O) groups excluding carboxylic acids is 1. The van der Waals surface area contributed by atoms with E-state index in [2.05, 4.69) is 9.97 Å². The zero-order valence-electron chi connectivity index (χ0n) is 13.3. The fourth-order valence-electron chi connectivity index (χ4n) is 2.09. The minimum Gasteiger partial charge on any atom is -0.497 e. The van der Waals surface area contributed by atoms with Crippen LogP contribution in [0.4, 0.5) is 0 Å². The van der Waals surface area contributed by atoms with Crippen molar-refractivity contribution in [2.24, 2.45) is 0 Å². The Hall–Kier alpha value is -1.95. The van der Waals surface area contributed by atoms with Crippen molar-refractivity contribution in [2.75, 3.05) is 32.7 Å². The second-order valence-corrected chi connectivity index (χ2v) is 6.00. The zero-order valence-corrected chi connectivity index (χ0v) is 14.2. The number of nitrogens with one attached hydrogen (secondary N) is 1.